The Bertz CT molecular complexity index is 257. The minimum absolute atomic E-state index is 0.0203. The molecule has 0 aliphatic carbocycles. The first-order valence-corrected chi connectivity index (χ1v) is 4.26. The number of nitrogens with zero attached hydrogens (tertiary/aromatic N) is 1. The van der Waals surface area contributed by atoms with Gasteiger partial charge in [-0.15, -0.1) is 0 Å². The molecule has 0 saturated heterocycles. The number of aromatic nitrogens is 2. The lowest BCUT2D eigenvalue weighted by molar-refractivity contribution is 0.0946. The van der Waals surface area contributed by atoms with Gasteiger partial charge in [0.2, 0.25) is 0 Å². The number of rotatable bonds is 4. The highest BCUT2D eigenvalue weighted by Gasteiger charge is 2.07. The van der Waals surface area contributed by atoms with Gasteiger partial charge >= 0.3 is 0 Å². The van der Waals surface area contributed by atoms with Crippen molar-refractivity contribution < 1.29 is 4.79 Å². The molecule has 0 aliphatic rings. The highest BCUT2D eigenvalue weighted by Crippen LogP contribution is 1.90. The third kappa shape index (κ3) is 2.87. The molecule has 1 atom stereocenters. The molecule has 0 radical (unpaired) electrons. The summed E-state index contributed by atoms with van der Waals surface area (Å²) in [5, 5.41) is 2.70. The summed E-state index contributed by atoms with van der Waals surface area (Å²) in [4.78, 5) is 17.7. The van der Waals surface area contributed by atoms with E-state index in [4.69, 9.17) is 5.73 Å². The highest BCUT2D eigenvalue weighted by atomic mass is 16.1. The molecule has 1 heterocycles. The molecule has 5 nitrogen and oxygen atoms in total. The standard InChI is InChI=1S/C8H14N4O/c1-2-6(9)3-11-8(13)7-4-10-5-12-7/h4-6H,2-3,9H2,1H3,(H,10,12)(H,11,13). The fourth-order valence-corrected chi connectivity index (χ4v) is 0.843. The number of carbonyl (C=O) groups is 1. The van der Waals surface area contributed by atoms with Gasteiger partial charge in [-0.25, -0.2) is 4.98 Å². The van der Waals surface area contributed by atoms with Gasteiger partial charge in [-0.3, -0.25) is 4.79 Å². The van der Waals surface area contributed by atoms with Gasteiger partial charge in [0.1, 0.15) is 5.69 Å². The van der Waals surface area contributed by atoms with Gasteiger partial charge in [-0.05, 0) is 6.42 Å². The number of nitrogens with one attached hydrogen (secondary N) is 2. The van der Waals surface area contributed by atoms with E-state index in [1.54, 1.807) is 0 Å². The molecule has 0 fully saturated rings. The van der Waals surface area contributed by atoms with Crippen molar-refractivity contribution in [2.24, 2.45) is 5.73 Å². The van der Waals surface area contributed by atoms with Crippen molar-refractivity contribution in [3.8, 4) is 0 Å². The van der Waals surface area contributed by atoms with Crippen molar-refractivity contribution in [2.75, 3.05) is 6.54 Å². The second kappa shape index (κ2) is 4.61. The van der Waals surface area contributed by atoms with E-state index >= 15 is 0 Å². The number of imidazole rings is 1. The summed E-state index contributed by atoms with van der Waals surface area (Å²) in [5.74, 6) is -0.165. The van der Waals surface area contributed by atoms with E-state index in [1.807, 2.05) is 6.92 Å². The third-order valence-electron chi connectivity index (χ3n) is 1.79. The van der Waals surface area contributed by atoms with E-state index in [1.165, 1.54) is 12.5 Å². The lowest BCUT2D eigenvalue weighted by atomic mass is 10.2. The molecule has 72 valence electrons. The van der Waals surface area contributed by atoms with Crippen LogP contribution in [0.3, 0.4) is 0 Å². The monoisotopic (exact) mass is 182 g/mol. The van der Waals surface area contributed by atoms with E-state index in [0.717, 1.165) is 6.42 Å². The molecule has 4 N–H and O–H groups in total. The summed E-state index contributed by atoms with van der Waals surface area (Å²) in [7, 11) is 0. The van der Waals surface area contributed by atoms with Gasteiger partial charge in [-0.2, -0.15) is 0 Å². The van der Waals surface area contributed by atoms with Gasteiger partial charge in [0.25, 0.3) is 5.91 Å². The van der Waals surface area contributed by atoms with Crippen molar-refractivity contribution in [3.63, 3.8) is 0 Å². The third-order valence-corrected chi connectivity index (χ3v) is 1.79. The first-order valence-electron chi connectivity index (χ1n) is 4.26. The van der Waals surface area contributed by atoms with Crippen LogP contribution in [-0.4, -0.2) is 28.5 Å². The zero-order chi connectivity index (χ0) is 9.68. The van der Waals surface area contributed by atoms with Crippen molar-refractivity contribution in [2.45, 2.75) is 19.4 Å². The van der Waals surface area contributed by atoms with Gasteiger partial charge < -0.3 is 16.0 Å². The number of hydrogen-bond acceptors (Lipinski definition) is 3. The van der Waals surface area contributed by atoms with Crippen molar-refractivity contribution in [1.29, 1.82) is 0 Å². The van der Waals surface area contributed by atoms with E-state index in [-0.39, 0.29) is 11.9 Å². The van der Waals surface area contributed by atoms with Crippen LogP contribution in [0.5, 0.6) is 0 Å². The Kier molecular flexibility index (Phi) is 3.45. The Morgan fingerprint density at radius 2 is 2.62 bits per heavy atom. The van der Waals surface area contributed by atoms with E-state index in [2.05, 4.69) is 15.3 Å². The fourth-order valence-electron chi connectivity index (χ4n) is 0.843. The van der Waals surface area contributed by atoms with Crippen molar-refractivity contribution in [3.05, 3.63) is 18.2 Å². The molecule has 1 unspecified atom stereocenters. The van der Waals surface area contributed by atoms with Crippen LogP contribution in [0.15, 0.2) is 12.5 Å². The summed E-state index contributed by atoms with van der Waals surface area (Å²) >= 11 is 0. The van der Waals surface area contributed by atoms with Gasteiger partial charge in [0, 0.05) is 12.6 Å². The number of carbonyl (C=O) groups excluding carboxylic acids is 1. The SMILES string of the molecule is CCC(N)CNC(=O)c1cnc[nH]1. The van der Waals surface area contributed by atoms with E-state index in [9.17, 15) is 4.79 Å². The van der Waals surface area contributed by atoms with Gasteiger partial charge in [0.15, 0.2) is 0 Å². The molecule has 0 saturated carbocycles. The summed E-state index contributed by atoms with van der Waals surface area (Å²) in [5.41, 5.74) is 6.10. The van der Waals surface area contributed by atoms with Crippen LogP contribution in [0.1, 0.15) is 23.8 Å². The number of aromatic amines is 1. The molecular formula is C8H14N4O. The van der Waals surface area contributed by atoms with Crippen LogP contribution >= 0.6 is 0 Å². The number of hydrogen-bond donors (Lipinski definition) is 3. The Hall–Kier alpha value is -1.36. The normalized spacial score (nSPS) is 12.5. The maximum atomic E-state index is 11.3. The van der Waals surface area contributed by atoms with Gasteiger partial charge in [-0.1, -0.05) is 6.92 Å². The molecule has 13 heavy (non-hydrogen) atoms. The van der Waals surface area contributed by atoms with Crippen LogP contribution in [0.2, 0.25) is 0 Å². The lowest BCUT2D eigenvalue weighted by Gasteiger charge is -2.08. The van der Waals surface area contributed by atoms with E-state index < -0.39 is 0 Å². The first-order chi connectivity index (χ1) is 6.24. The molecule has 0 bridgehead atoms. The summed E-state index contributed by atoms with van der Waals surface area (Å²) in [6.45, 7) is 2.47. The maximum absolute atomic E-state index is 11.3. The Morgan fingerprint density at radius 3 is 3.15 bits per heavy atom. The lowest BCUT2D eigenvalue weighted by Crippen LogP contribution is -2.36. The zero-order valence-electron chi connectivity index (χ0n) is 7.58. The predicted molar refractivity (Wildman–Crippen MR) is 49.2 cm³/mol. The smallest absolute Gasteiger partial charge is 0.269 e. The summed E-state index contributed by atoms with van der Waals surface area (Å²) in [6.07, 6.45) is 3.80. The molecule has 1 amide bonds. The molecule has 0 aliphatic heterocycles. The Labute approximate surface area is 76.7 Å². The molecule has 0 aromatic carbocycles. The number of amides is 1. The molecule has 1 aromatic heterocycles. The largest absolute Gasteiger partial charge is 0.349 e. The summed E-state index contributed by atoms with van der Waals surface area (Å²) in [6, 6.07) is 0.0203. The average Bonchev–Trinajstić information content (AvgIpc) is 2.66. The predicted octanol–water partition coefficient (Wildman–Crippen LogP) is -0.123. The number of nitrogens with two attached hydrogens (primary N) is 1. The van der Waals surface area contributed by atoms with Crippen LogP contribution in [0.4, 0.5) is 0 Å². The zero-order valence-corrected chi connectivity index (χ0v) is 7.58. The van der Waals surface area contributed by atoms with Crippen molar-refractivity contribution >= 4 is 5.91 Å². The summed E-state index contributed by atoms with van der Waals surface area (Å²) < 4.78 is 0. The Morgan fingerprint density at radius 1 is 1.85 bits per heavy atom. The quantitative estimate of drug-likeness (QED) is 0.606. The maximum Gasteiger partial charge on any atom is 0.269 e. The Balaban J connectivity index is 2.35. The topological polar surface area (TPSA) is 83.8 Å². The first kappa shape index (κ1) is 9.73. The molecular weight excluding hydrogens is 168 g/mol. The van der Waals surface area contributed by atoms with Gasteiger partial charge in [0.05, 0.1) is 12.5 Å². The minimum atomic E-state index is -0.165. The highest BCUT2D eigenvalue weighted by molar-refractivity contribution is 5.91. The minimum Gasteiger partial charge on any atom is -0.349 e. The van der Waals surface area contributed by atoms with Crippen LogP contribution in [0.25, 0.3) is 0 Å². The fraction of sp³-hybridized carbons (Fsp3) is 0.500. The van der Waals surface area contributed by atoms with E-state index in [0.29, 0.717) is 12.2 Å². The average molecular weight is 182 g/mol. The second-order valence-electron chi connectivity index (χ2n) is 2.84. The second-order valence-corrected chi connectivity index (χ2v) is 2.84. The van der Waals surface area contributed by atoms with Crippen molar-refractivity contribution in [1.82, 2.24) is 15.3 Å². The van der Waals surface area contributed by atoms with Crippen LogP contribution in [0, 0.1) is 0 Å². The molecule has 5 heteroatoms. The number of H-pyrrole nitrogens is 1. The van der Waals surface area contributed by atoms with Crippen LogP contribution in [-0.2, 0) is 0 Å². The molecule has 1 aromatic rings. The van der Waals surface area contributed by atoms with Crippen LogP contribution < -0.4 is 11.1 Å². The molecule has 1 rings (SSSR count). The molecule has 0 spiro atoms.